The molecule has 146 valence electrons. The first-order valence-corrected chi connectivity index (χ1v) is 9.82. The van der Waals surface area contributed by atoms with E-state index >= 15 is 0 Å². The van der Waals surface area contributed by atoms with Gasteiger partial charge in [0.25, 0.3) is 0 Å². The van der Waals surface area contributed by atoms with Crippen molar-refractivity contribution in [3.63, 3.8) is 0 Å². The zero-order valence-corrected chi connectivity index (χ0v) is 16.3. The van der Waals surface area contributed by atoms with Crippen molar-refractivity contribution < 1.29 is 14.3 Å². The molecule has 2 aromatic heterocycles. The number of rotatable bonds is 5. The summed E-state index contributed by atoms with van der Waals surface area (Å²) in [7, 11) is 0. The van der Waals surface area contributed by atoms with Crippen LogP contribution in [-0.2, 0) is 11.3 Å². The summed E-state index contributed by atoms with van der Waals surface area (Å²) in [6.07, 6.45) is 1.79. The molecular weight excluding hydrogens is 390 g/mol. The molecule has 8 nitrogen and oxygen atoms in total. The Labute approximate surface area is 170 Å². The quantitative estimate of drug-likeness (QED) is 0.524. The molecular formula is C20H17N5O3S. The van der Waals surface area contributed by atoms with Crippen LogP contribution in [0.1, 0.15) is 12.5 Å². The van der Waals surface area contributed by atoms with Crippen molar-refractivity contribution in [2.24, 2.45) is 0 Å². The molecule has 0 spiro atoms. The molecule has 2 aromatic carbocycles. The van der Waals surface area contributed by atoms with Gasteiger partial charge in [0.05, 0.1) is 11.9 Å². The number of hydrogen-bond donors (Lipinski definition) is 2. The van der Waals surface area contributed by atoms with Gasteiger partial charge in [-0.3, -0.25) is 4.79 Å². The fourth-order valence-corrected chi connectivity index (χ4v) is 3.92. The van der Waals surface area contributed by atoms with E-state index in [0.717, 1.165) is 44.1 Å². The fourth-order valence-electron chi connectivity index (χ4n) is 3.15. The number of anilines is 2. The number of amides is 1. The lowest BCUT2D eigenvalue weighted by atomic mass is 10.1. The van der Waals surface area contributed by atoms with Gasteiger partial charge in [0.1, 0.15) is 0 Å². The molecule has 1 amide bonds. The molecule has 5 rings (SSSR count). The number of nitrogens with one attached hydrogen (secondary N) is 2. The van der Waals surface area contributed by atoms with E-state index in [1.165, 1.54) is 18.3 Å². The third-order valence-electron chi connectivity index (χ3n) is 4.44. The molecule has 0 atom stereocenters. The van der Waals surface area contributed by atoms with E-state index < -0.39 is 0 Å². The minimum absolute atomic E-state index is 0.107. The number of benzene rings is 2. The van der Waals surface area contributed by atoms with Gasteiger partial charge in [0, 0.05) is 24.7 Å². The van der Waals surface area contributed by atoms with E-state index in [-0.39, 0.29) is 12.7 Å². The van der Waals surface area contributed by atoms with Crippen LogP contribution in [0.3, 0.4) is 0 Å². The molecule has 1 aliphatic heterocycles. The third-order valence-corrected chi connectivity index (χ3v) is 5.33. The van der Waals surface area contributed by atoms with Crippen LogP contribution >= 0.6 is 11.3 Å². The van der Waals surface area contributed by atoms with Crippen LogP contribution in [0, 0.1) is 0 Å². The number of imidazole rings is 1. The van der Waals surface area contributed by atoms with Crippen LogP contribution in [0.15, 0.2) is 48.7 Å². The summed E-state index contributed by atoms with van der Waals surface area (Å²) in [5, 5.41) is 11.5. The molecule has 0 unspecified atom stereocenters. The van der Waals surface area contributed by atoms with Gasteiger partial charge in [-0.1, -0.05) is 29.5 Å². The minimum Gasteiger partial charge on any atom is -0.454 e. The smallest absolute Gasteiger partial charge is 0.231 e. The zero-order chi connectivity index (χ0) is 19.8. The number of ether oxygens (including phenoxy) is 2. The lowest BCUT2D eigenvalue weighted by Crippen LogP contribution is -2.05. The number of fused-ring (bicyclic) bond motifs is 2. The van der Waals surface area contributed by atoms with Gasteiger partial charge in [-0.05, 0) is 29.8 Å². The van der Waals surface area contributed by atoms with Gasteiger partial charge in [0.2, 0.25) is 22.8 Å². The Morgan fingerprint density at radius 1 is 1.21 bits per heavy atom. The van der Waals surface area contributed by atoms with Gasteiger partial charge in [0.15, 0.2) is 11.5 Å². The van der Waals surface area contributed by atoms with Crippen molar-refractivity contribution in [1.29, 1.82) is 0 Å². The summed E-state index contributed by atoms with van der Waals surface area (Å²) >= 11 is 1.48. The van der Waals surface area contributed by atoms with E-state index in [1.54, 1.807) is 10.7 Å². The van der Waals surface area contributed by atoms with Crippen LogP contribution < -0.4 is 20.1 Å². The average molecular weight is 407 g/mol. The van der Waals surface area contributed by atoms with E-state index in [1.807, 2.05) is 42.5 Å². The van der Waals surface area contributed by atoms with E-state index in [4.69, 9.17) is 9.47 Å². The van der Waals surface area contributed by atoms with Crippen molar-refractivity contribution in [2.75, 3.05) is 17.4 Å². The maximum absolute atomic E-state index is 11.3. The minimum atomic E-state index is -0.107. The van der Waals surface area contributed by atoms with Gasteiger partial charge in [-0.15, -0.1) is 5.10 Å². The van der Waals surface area contributed by atoms with Crippen molar-refractivity contribution in [1.82, 2.24) is 14.6 Å². The van der Waals surface area contributed by atoms with Crippen LogP contribution in [0.2, 0.25) is 0 Å². The summed E-state index contributed by atoms with van der Waals surface area (Å²) in [6.45, 7) is 2.37. The first-order chi connectivity index (χ1) is 14.2. The molecule has 9 heteroatoms. The Kier molecular flexibility index (Phi) is 4.28. The second-order valence-corrected chi connectivity index (χ2v) is 7.50. The monoisotopic (exact) mass is 407 g/mol. The number of aromatic nitrogens is 3. The molecule has 1 aliphatic rings. The molecule has 0 bridgehead atoms. The highest BCUT2D eigenvalue weighted by Crippen LogP contribution is 2.33. The first kappa shape index (κ1) is 17.5. The molecule has 3 heterocycles. The summed E-state index contributed by atoms with van der Waals surface area (Å²) in [5.41, 5.74) is 3.60. The summed E-state index contributed by atoms with van der Waals surface area (Å²) in [4.78, 5) is 16.6. The normalized spacial score (nSPS) is 12.3. The molecule has 0 saturated carbocycles. The van der Waals surface area contributed by atoms with E-state index in [2.05, 4.69) is 20.7 Å². The predicted molar refractivity (Wildman–Crippen MR) is 110 cm³/mol. The SMILES string of the molecule is CC(=O)Nc1cccc(-c2cnc3sc(NCc4ccc5c(c4)OCO5)nn23)c1. The van der Waals surface area contributed by atoms with E-state index in [9.17, 15) is 4.79 Å². The van der Waals surface area contributed by atoms with Crippen LogP contribution in [0.5, 0.6) is 11.5 Å². The van der Waals surface area contributed by atoms with Crippen LogP contribution in [0.4, 0.5) is 10.8 Å². The Bertz CT molecular complexity index is 1220. The van der Waals surface area contributed by atoms with Gasteiger partial charge in [-0.2, -0.15) is 0 Å². The number of nitrogens with zero attached hydrogens (tertiary/aromatic N) is 3. The second-order valence-electron chi connectivity index (χ2n) is 6.55. The summed E-state index contributed by atoms with van der Waals surface area (Å²) < 4.78 is 12.6. The number of carbonyl (C=O) groups excluding carboxylic acids is 1. The highest BCUT2D eigenvalue weighted by Gasteiger charge is 2.15. The number of hydrogen-bond acceptors (Lipinski definition) is 7. The molecule has 0 aliphatic carbocycles. The first-order valence-electron chi connectivity index (χ1n) is 9.01. The largest absolute Gasteiger partial charge is 0.454 e. The summed E-state index contributed by atoms with van der Waals surface area (Å²) in [5.74, 6) is 1.43. The maximum atomic E-state index is 11.3. The Balaban J connectivity index is 1.37. The maximum Gasteiger partial charge on any atom is 0.231 e. The van der Waals surface area contributed by atoms with Gasteiger partial charge < -0.3 is 20.1 Å². The lowest BCUT2D eigenvalue weighted by molar-refractivity contribution is -0.114. The van der Waals surface area contributed by atoms with Crippen molar-refractivity contribution >= 4 is 33.0 Å². The molecule has 29 heavy (non-hydrogen) atoms. The molecule has 4 aromatic rings. The lowest BCUT2D eigenvalue weighted by Gasteiger charge is -2.05. The van der Waals surface area contributed by atoms with E-state index in [0.29, 0.717) is 6.54 Å². The Hall–Kier alpha value is -3.59. The average Bonchev–Trinajstić information content (AvgIpc) is 3.41. The Morgan fingerprint density at radius 2 is 2.10 bits per heavy atom. The highest BCUT2D eigenvalue weighted by atomic mass is 32.1. The van der Waals surface area contributed by atoms with Gasteiger partial charge >= 0.3 is 0 Å². The van der Waals surface area contributed by atoms with Crippen molar-refractivity contribution in [3.05, 3.63) is 54.2 Å². The predicted octanol–water partition coefficient (Wildman–Crippen LogP) is 3.76. The van der Waals surface area contributed by atoms with Gasteiger partial charge in [-0.25, -0.2) is 9.50 Å². The molecule has 0 fully saturated rings. The second kappa shape index (κ2) is 7.10. The zero-order valence-electron chi connectivity index (χ0n) is 15.5. The topological polar surface area (TPSA) is 89.8 Å². The fraction of sp³-hybridized carbons (Fsp3) is 0.150. The van der Waals surface area contributed by atoms with Crippen LogP contribution in [-0.4, -0.2) is 27.3 Å². The van der Waals surface area contributed by atoms with Crippen molar-refractivity contribution in [3.8, 4) is 22.8 Å². The van der Waals surface area contributed by atoms with Crippen molar-refractivity contribution in [2.45, 2.75) is 13.5 Å². The molecule has 2 N–H and O–H groups in total. The van der Waals surface area contributed by atoms with Crippen LogP contribution in [0.25, 0.3) is 16.2 Å². The molecule has 0 saturated heterocycles. The summed E-state index contributed by atoms with van der Waals surface area (Å²) in [6, 6.07) is 13.5. The Morgan fingerprint density at radius 3 is 3.00 bits per heavy atom. The standard InChI is InChI=1S/C20H17N5O3S/c1-12(26)23-15-4-2-3-14(8-15)16-10-22-20-25(16)24-19(29-20)21-9-13-5-6-17-18(7-13)28-11-27-17/h2-8,10H,9,11H2,1H3,(H,21,24)(H,23,26). The number of carbonyl (C=O) groups is 1. The third kappa shape index (κ3) is 3.47. The highest BCUT2D eigenvalue weighted by molar-refractivity contribution is 7.20. The molecule has 0 radical (unpaired) electrons.